The highest BCUT2D eigenvalue weighted by atomic mass is 32.1. The predicted molar refractivity (Wildman–Crippen MR) is 68.2 cm³/mol. The van der Waals surface area contributed by atoms with Crippen LogP contribution in [-0.2, 0) is 4.74 Å². The molecule has 1 aromatic heterocycles. The van der Waals surface area contributed by atoms with Gasteiger partial charge < -0.3 is 4.74 Å². The molecule has 0 aliphatic heterocycles. The van der Waals surface area contributed by atoms with Crippen LogP contribution in [0.4, 0.5) is 4.39 Å². The summed E-state index contributed by atoms with van der Waals surface area (Å²) in [6.07, 6.45) is 0. The van der Waals surface area contributed by atoms with Gasteiger partial charge in [-0.25, -0.2) is 14.2 Å². The van der Waals surface area contributed by atoms with Crippen molar-refractivity contribution < 1.29 is 13.9 Å². The summed E-state index contributed by atoms with van der Waals surface area (Å²) >= 11 is 1.26. The van der Waals surface area contributed by atoms with Crippen molar-refractivity contribution in [2.75, 3.05) is 6.61 Å². The molecule has 0 amide bonds. The minimum atomic E-state index is -0.437. The Labute approximate surface area is 108 Å². The number of rotatable bonds is 3. The average molecular weight is 265 g/mol. The lowest BCUT2D eigenvalue weighted by Gasteiger charge is -1.98. The number of halogens is 1. The topological polar surface area (TPSA) is 39.2 Å². The highest BCUT2D eigenvalue weighted by Gasteiger charge is 2.16. The number of nitrogens with zero attached hydrogens (tertiary/aromatic N) is 1. The number of benzene rings is 1. The van der Waals surface area contributed by atoms with Gasteiger partial charge in [0.15, 0.2) is 0 Å². The summed E-state index contributed by atoms with van der Waals surface area (Å²) in [5.74, 6) is -0.758. The second-order valence-corrected chi connectivity index (χ2v) is 4.86. The van der Waals surface area contributed by atoms with E-state index in [1.54, 1.807) is 19.1 Å². The Balaban J connectivity index is 2.38. The maximum atomic E-state index is 13.2. The fourth-order valence-electron chi connectivity index (χ4n) is 1.58. The first-order valence-electron chi connectivity index (χ1n) is 5.52. The fraction of sp³-hybridized carbons (Fsp3) is 0.231. The van der Waals surface area contributed by atoms with Gasteiger partial charge in [-0.05, 0) is 26.0 Å². The summed E-state index contributed by atoms with van der Waals surface area (Å²) < 4.78 is 18.0. The highest BCUT2D eigenvalue weighted by Crippen LogP contribution is 2.28. The van der Waals surface area contributed by atoms with Gasteiger partial charge in [-0.2, -0.15) is 0 Å². The molecule has 2 aromatic rings. The molecule has 0 radical (unpaired) electrons. The minimum Gasteiger partial charge on any atom is -0.461 e. The fourth-order valence-corrected chi connectivity index (χ4v) is 2.41. The van der Waals surface area contributed by atoms with E-state index in [0.29, 0.717) is 22.9 Å². The van der Waals surface area contributed by atoms with Crippen molar-refractivity contribution in [3.63, 3.8) is 0 Å². The first-order chi connectivity index (χ1) is 8.61. The largest absolute Gasteiger partial charge is 0.461 e. The third kappa shape index (κ3) is 2.56. The summed E-state index contributed by atoms with van der Waals surface area (Å²) in [5.41, 5.74) is 1.29. The molecule has 0 spiro atoms. The summed E-state index contributed by atoms with van der Waals surface area (Å²) in [7, 11) is 0. The van der Waals surface area contributed by atoms with Crippen LogP contribution in [0.2, 0.25) is 0 Å². The normalized spacial score (nSPS) is 10.4. The van der Waals surface area contributed by atoms with E-state index in [2.05, 4.69) is 4.98 Å². The number of esters is 1. The van der Waals surface area contributed by atoms with Gasteiger partial charge in [-0.3, -0.25) is 0 Å². The molecule has 0 aliphatic carbocycles. The van der Waals surface area contributed by atoms with E-state index in [9.17, 15) is 9.18 Å². The van der Waals surface area contributed by atoms with Crippen LogP contribution in [0, 0.1) is 12.7 Å². The van der Waals surface area contributed by atoms with Crippen LogP contribution in [0.1, 0.15) is 21.6 Å². The van der Waals surface area contributed by atoms with Gasteiger partial charge in [0.1, 0.15) is 5.82 Å². The second kappa shape index (κ2) is 5.27. The summed E-state index contributed by atoms with van der Waals surface area (Å²) in [4.78, 5) is 16.6. The molecule has 5 heteroatoms. The number of thiazole rings is 1. The Morgan fingerprint density at radius 1 is 1.50 bits per heavy atom. The van der Waals surface area contributed by atoms with Crippen LogP contribution in [0.25, 0.3) is 11.3 Å². The molecule has 0 unspecified atom stereocenters. The van der Waals surface area contributed by atoms with E-state index in [-0.39, 0.29) is 5.82 Å². The maximum Gasteiger partial charge on any atom is 0.367 e. The number of hydrogen-bond donors (Lipinski definition) is 0. The number of carbonyl (C=O) groups excluding carboxylic acids is 1. The van der Waals surface area contributed by atoms with Crippen molar-refractivity contribution >= 4 is 17.3 Å². The Hall–Kier alpha value is -1.75. The van der Waals surface area contributed by atoms with Gasteiger partial charge in [0.25, 0.3) is 0 Å². The minimum absolute atomic E-state index is 0.300. The van der Waals surface area contributed by atoms with Gasteiger partial charge in [0.05, 0.1) is 12.3 Å². The zero-order chi connectivity index (χ0) is 13.1. The van der Waals surface area contributed by atoms with E-state index in [4.69, 9.17) is 4.74 Å². The molecule has 2 rings (SSSR count). The third-order valence-electron chi connectivity index (χ3n) is 2.34. The molecule has 0 saturated carbocycles. The number of carbonyl (C=O) groups is 1. The van der Waals surface area contributed by atoms with Crippen molar-refractivity contribution in [3.05, 3.63) is 40.0 Å². The average Bonchev–Trinajstić information content (AvgIpc) is 2.72. The van der Waals surface area contributed by atoms with E-state index >= 15 is 0 Å². The molecular formula is C13H12FNO2S. The van der Waals surface area contributed by atoms with Crippen molar-refractivity contribution in [2.45, 2.75) is 13.8 Å². The van der Waals surface area contributed by atoms with Gasteiger partial charge in [0, 0.05) is 10.4 Å². The number of aryl methyl sites for hydroxylation is 1. The predicted octanol–water partition coefficient (Wildman–Crippen LogP) is 3.43. The molecule has 0 saturated heterocycles. The molecule has 1 aromatic carbocycles. The van der Waals surface area contributed by atoms with Crippen molar-refractivity contribution in [1.82, 2.24) is 4.98 Å². The zero-order valence-corrected chi connectivity index (χ0v) is 10.9. The molecule has 0 N–H and O–H groups in total. The van der Waals surface area contributed by atoms with Gasteiger partial charge >= 0.3 is 5.97 Å². The lowest BCUT2D eigenvalue weighted by atomic mass is 10.1. The summed E-state index contributed by atoms with van der Waals surface area (Å²) in [5, 5.41) is 0.300. The Morgan fingerprint density at radius 3 is 2.94 bits per heavy atom. The van der Waals surface area contributed by atoms with Crippen LogP contribution < -0.4 is 0 Å². The van der Waals surface area contributed by atoms with E-state index < -0.39 is 5.97 Å². The van der Waals surface area contributed by atoms with Crippen LogP contribution in [0.5, 0.6) is 0 Å². The molecule has 3 nitrogen and oxygen atoms in total. The highest BCUT2D eigenvalue weighted by molar-refractivity contribution is 7.13. The molecule has 1 heterocycles. The first kappa shape index (κ1) is 12.7. The molecule has 0 aliphatic rings. The Bertz CT molecular complexity index is 580. The maximum absolute atomic E-state index is 13.2. The zero-order valence-electron chi connectivity index (χ0n) is 10.1. The van der Waals surface area contributed by atoms with E-state index in [1.807, 2.05) is 6.92 Å². The lowest BCUT2D eigenvalue weighted by molar-refractivity contribution is 0.0526. The van der Waals surface area contributed by atoms with Crippen LogP contribution in [0.3, 0.4) is 0 Å². The van der Waals surface area contributed by atoms with Crippen LogP contribution in [-0.4, -0.2) is 17.6 Å². The van der Waals surface area contributed by atoms with E-state index in [0.717, 1.165) is 4.88 Å². The molecule has 18 heavy (non-hydrogen) atoms. The molecule has 94 valence electrons. The molecule has 0 atom stereocenters. The van der Waals surface area contributed by atoms with Gasteiger partial charge in [-0.15, -0.1) is 11.3 Å². The third-order valence-corrected chi connectivity index (χ3v) is 3.30. The van der Waals surface area contributed by atoms with Crippen molar-refractivity contribution in [3.8, 4) is 11.3 Å². The van der Waals surface area contributed by atoms with Crippen molar-refractivity contribution in [1.29, 1.82) is 0 Å². The Kier molecular flexibility index (Phi) is 3.72. The Morgan fingerprint density at radius 2 is 2.28 bits per heavy atom. The number of ether oxygens (including phenoxy) is 1. The van der Waals surface area contributed by atoms with Crippen molar-refractivity contribution in [2.24, 2.45) is 0 Å². The molecule has 0 fully saturated rings. The number of hydrogen-bond acceptors (Lipinski definition) is 4. The van der Waals surface area contributed by atoms with Gasteiger partial charge in [-0.1, -0.05) is 12.1 Å². The van der Waals surface area contributed by atoms with Gasteiger partial charge in [0.2, 0.25) is 5.01 Å². The second-order valence-electron chi connectivity index (χ2n) is 3.65. The SMILES string of the molecule is CCOC(=O)c1nc(-c2cccc(F)c2)c(C)s1. The molecule has 0 bridgehead atoms. The summed E-state index contributed by atoms with van der Waals surface area (Å²) in [6.45, 7) is 3.90. The standard InChI is InChI=1S/C13H12FNO2S/c1-3-17-13(16)12-15-11(8(2)18-12)9-5-4-6-10(14)7-9/h4-7H,3H2,1-2H3. The van der Waals surface area contributed by atoms with E-state index in [1.165, 1.54) is 23.5 Å². The smallest absolute Gasteiger partial charge is 0.367 e. The number of aromatic nitrogens is 1. The monoisotopic (exact) mass is 265 g/mol. The molecular weight excluding hydrogens is 253 g/mol. The first-order valence-corrected chi connectivity index (χ1v) is 6.34. The van der Waals surface area contributed by atoms with Crippen LogP contribution >= 0.6 is 11.3 Å². The van der Waals surface area contributed by atoms with Crippen LogP contribution in [0.15, 0.2) is 24.3 Å². The summed E-state index contributed by atoms with van der Waals surface area (Å²) in [6, 6.07) is 6.15. The lowest BCUT2D eigenvalue weighted by Crippen LogP contribution is -2.03. The quantitative estimate of drug-likeness (QED) is 0.798.